The van der Waals surface area contributed by atoms with Crippen LogP contribution in [0.1, 0.15) is 47.0 Å². The molecule has 1 amide bonds. The highest BCUT2D eigenvalue weighted by Gasteiger charge is 2.49. The maximum atomic E-state index is 11.9. The first-order valence-corrected chi connectivity index (χ1v) is 6.87. The molecule has 0 bridgehead atoms. The summed E-state index contributed by atoms with van der Waals surface area (Å²) >= 11 is 0. The number of nitrogens with zero attached hydrogens (tertiary/aromatic N) is 1. The van der Waals surface area contributed by atoms with E-state index in [1.807, 2.05) is 20.8 Å². The van der Waals surface area contributed by atoms with Crippen LogP contribution in [0.25, 0.3) is 0 Å². The van der Waals surface area contributed by atoms with Gasteiger partial charge in [0.1, 0.15) is 5.60 Å². The standard InChI is InChI=1S/C14H25NO3/c1-10-7-14(6-5-11(10)16)8-15(9-14)12(17)18-13(2,3)4/h10-11,16H,5-9H2,1-4H3/t10?,11-/m0/s1. The molecule has 1 saturated carbocycles. The number of hydrogen-bond donors (Lipinski definition) is 1. The van der Waals surface area contributed by atoms with Crippen LogP contribution in [0, 0.1) is 11.3 Å². The number of likely N-dealkylation sites (tertiary alicyclic amines) is 1. The van der Waals surface area contributed by atoms with E-state index in [0.29, 0.717) is 5.92 Å². The van der Waals surface area contributed by atoms with Crippen molar-refractivity contribution in [3.05, 3.63) is 0 Å². The number of amides is 1. The Bertz CT molecular complexity index is 328. The number of rotatable bonds is 0. The van der Waals surface area contributed by atoms with Crippen molar-refractivity contribution < 1.29 is 14.6 Å². The van der Waals surface area contributed by atoms with Crippen LogP contribution in [0.5, 0.6) is 0 Å². The van der Waals surface area contributed by atoms with Gasteiger partial charge in [0.25, 0.3) is 0 Å². The van der Waals surface area contributed by atoms with Crippen molar-refractivity contribution in [1.29, 1.82) is 0 Å². The van der Waals surface area contributed by atoms with Gasteiger partial charge in [-0.1, -0.05) is 6.92 Å². The lowest BCUT2D eigenvalue weighted by Gasteiger charge is -2.54. The zero-order valence-corrected chi connectivity index (χ0v) is 11.9. The van der Waals surface area contributed by atoms with Crippen molar-refractivity contribution in [2.45, 2.75) is 58.7 Å². The molecule has 0 radical (unpaired) electrons. The number of hydrogen-bond acceptors (Lipinski definition) is 3. The average Bonchev–Trinajstić information content (AvgIpc) is 2.16. The van der Waals surface area contributed by atoms with E-state index >= 15 is 0 Å². The Kier molecular flexibility index (Phi) is 3.34. The highest BCUT2D eigenvalue weighted by atomic mass is 16.6. The Hall–Kier alpha value is -0.770. The van der Waals surface area contributed by atoms with E-state index in [-0.39, 0.29) is 17.6 Å². The predicted octanol–water partition coefficient (Wildman–Crippen LogP) is 2.40. The van der Waals surface area contributed by atoms with E-state index in [4.69, 9.17) is 4.74 Å². The molecule has 4 nitrogen and oxygen atoms in total. The summed E-state index contributed by atoms with van der Waals surface area (Å²) in [7, 11) is 0. The maximum Gasteiger partial charge on any atom is 0.410 e. The normalized spacial score (nSPS) is 31.1. The second kappa shape index (κ2) is 4.41. The second-order valence-corrected chi connectivity index (χ2v) is 7.12. The predicted molar refractivity (Wildman–Crippen MR) is 69.3 cm³/mol. The third-order valence-corrected chi connectivity index (χ3v) is 4.09. The van der Waals surface area contributed by atoms with Crippen molar-refractivity contribution in [3.63, 3.8) is 0 Å². The Balaban J connectivity index is 1.85. The molecule has 1 heterocycles. The molecule has 0 aromatic heterocycles. The lowest BCUT2D eigenvalue weighted by atomic mass is 9.64. The SMILES string of the molecule is CC1CC2(CC[C@@H]1O)CN(C(=O)OC(C)(C)C)C2. The molecule has 2 atom stereocenters. The first kappa shape index (κ1) is 13.7. The molecule has 1 saturated heterocycles. The molecule has 2 fully saturated rings. The van der Waals surface area contributed by atoms with Crippen LogP contribution in [-0.4, -0.2) is 40.9 Å². The van der Waals surface area contributed by atoms with Gasteiger partial charge in [-0.15, -0.1) is 0 Å². The average molecular weight is 255 g/mol. The molecule has 1 N–H and O–H groups in total. The minimum absolute atomic E-state index is 0.161. The van der Waals surface area contributed by atoms with Crippen molar-refractivity contribution in [3.8, 4) is 0 Å². The van der Waals surface area contributed by atoms with E-state index in [2.05, 4.69) is 6.92 Å². The third-order valence-electron chi connectivity index (χ3n) is 4.09. The number of carbonyl (C=O) groups excluding carboxylic acids is 1. The highest BCUT2D eigenvalue weighted by Crippen LogP contribution is 2.46. The topological polar surface area (TPSA) is 49.8 Å². The number of carbonyl (C=O) groups is 1. The van der Waals surface area contributed by atoms with E-state index < -0.39 is 5.60 Å². The van der Waals surface area contributed by atoms with Gasteiger partial charge >= 0.3 is 6.09 Å². The second-order valence-electron chi connectivity index (χ2n) is 7.12. The largest absolute Gasteiger partial charge is 0.444 e. The monoisotopic (exact) mass is 255 g/mol. The fourth-order valence-electron chi connectivity index (χ4n) is 3.17. The zero-order valence-electron chi connectivity index (χ0n) is 11.9. The fourth-order valence-corrected chi connectivity index (χ4v) is 3.17. The smallest absolute Gasteiger partial charge is 0.410 e. The van der Waals surface area contributed by atoms with Crippen molar-refractivity contribution in [2.75, 3.05) is 13.1 Å². The van der Waals surface area contributed by atoms with Crippen LogP contribution in [0.3, 0.4) is 0 Å². The van der Waals surface area contributed by atoms with E-state index in [0.717, 1.165) is 32.4 Å². The molecule has 1 unspecified atom stereocenters. The van der Waals surface area contributed by atoms with E-state index in [9.17, 15) is 9.90 Å². The summed E-state index contributed by atoms with van der Waals surface area (Å²) in [4.78, 5) is 13.7. The van der Waals surface area contributed by atoms with Gasteiger partial charge in [0.15, 0.2) is 0 Å². The van der Waals surface area contributed by atoms with Gasteiger partial charge in [-0.05, 0) is 46.0 Å². The summed E-state index contributed by atoms with van der Waals surface area (Å²) < 4.78 is 5.36. The molecule has 2 aliphatic rings. The van der Waals surface area contributed by atoms with Crippen molar-refractivity contribution >= 4 is 6.09 Å². The lowest BCUT2D eigenvalue weighted by molar-refractivity contribution is -0.0800. The van der Waals surface area contributed by atoms with Crippen molar-refractivity contribution in [2.24, 2.45) is 11.3 Å². The van der Waals surface area contributed by atoms with Gasteiger partial charge in [-0.2, -0.15) is 0 Å². The van der Waals surface area contributed by atoms with E-state index in [1.165, 1.54) is 0 Å². The van der Waals surface area contributed by atoms with Crippen LogP contribution in [0.2, 0.25) is 0 Å². The quantitative estimate of drug-likeness (QED) is 0.723. The van der Waals surface area contributed by atoms with Crippen LogP contribution in [0.15, 0.2) is 0 Å². The van der Waals surface area contributed by atoms with Gasteiger partial charge in [0.05, 0.1) is 6.10 Å². The van der Waals surface area contributed by atoms with Crippen LogP contribution in [-0.2, 0) is 4.74 Å². The third kappa shape index (κ3) is 2.79. The molecular formula is C14H25NO3. The first-order chi connectivity index (χ1) is 8.21. The molecule has 0 aromatic rings. The van der Waals surface area contributed by atoms with Gasteiger partial charge in [-0.3, -0.25) is 0 Å². The molecule has 2 rings (SSSR count). The Labute approximate surface area is 109 Å². The minimum Gasteiger partial charge on any atom is -0.444 e. The summed E-state index contributed by atoms with van der Waals surface area (Å²) in [5.74, 6) is 0.347. The van der Waals surface area contributed by atoms with Gasteiger partial charge < -0.3 is 14.7 Å². The summed E-state index contributed by atoms with van der Waals surface area (Å²) in [5.41, 5.74) is -0.175. The van der Waals surface area contributed by atoms with Gasteiger partial charge in [0.2, 0.25) is 0 Å². The summed E-state index contributed by atoms with van der Waals surface area (Å²) in [6.45, 7) is 9.35. The number of ether oxygens (including phenoxy) is 1. The lowest BCUT2D eigenvalue weighted by Crippen LogP contribution is -2.61. The van der Waals surface area contributed by atoms with Crippen LogP contribution >= 0.6 is 0 Å². The van der Waals surface area contributed by atoms with Gasteiger partial charge in [-0.25, -0.2) is 4.79 Å². The molecule has 18 heavy (non-hydrogen) atoms. The summed E-state index contributed by atoms with van der Waals surface area (Å²) in [6.07, 6.45) is 2.55. The summed E-state index contributed by atoms with van der Waals surface area (Å²) in [5, 5.41) is 9.75. The molecule has 0 aromatic carbocycles. The van der Waals surface area contributed by atoms with Crippen LogP contribution < -0.4 is 0 Å². The molecule has 1 aliphatic carbocycles. The van der Waals surface area contributed by atoms with Crippen LogP contribution in [0.4, 0.5) is 4.79 Å². The number of aliphatic hydroxyl groups is 1. The number of aliphatic hydroxyl groups excluding tert-OH is 1. The molecule has 1 aliphatic heterocycles. The molecular weight excluding hydrogens is 230 g/mol. The highest BCUT2D eigenvalue weighted by molar-refractivity contribution is 5.69. The molecule has 1 spiro atoms. The molecule has 4 heteroatoms. The zero-order chi connectivity index (χ0) is 13.6. The fraction of sp³-hybridized carbons (Fsp3) is 0.929. The first-order valence-electron chi connectivity index (χ1n) is 6.87. The maximum absolute atomic E-state index is 11.9. The Morgan fingerprint density at radius 2 is 2.00 bits per heavy atom. The minimum atomic E-state index is -0.421. The van der Waals surface area contributed by atoms with E-state index in [1.54, 1.807) is 4.90 Å². The van der Waals surface area contributed by atoms with Gasteiger partial charge in [0, 0.05) is 18.5 Å². The Morgan fingerprint density at radius 1 is 1.39 bits per heavy atom. The van der Waals surface area contributed by atoms with Crippen molar-refractivity contribution in [1.82, 2.24) is 4.90 Å². The summed E-state index contributed by atoms with van der Waals surface area (Å²) in [6, 6.07) is 0. The molecule has 104 valence electrons. The Morgan fingerprint density at radius 3 is 2.50 bits per heavy atom.